The molecule has 0 spiro atoms. The van der Waals surface area contributed by atoms with Crippen molar-refractivity contribution in [3.8, 4) is 17.2 Å². The van der Waals surface area contributed by atoms with Gasteiger partial charge in [-0.15, -0.1) is 0 Å². The highest BCUT2D eigenvalue weighted by atomic mass is 16.5. The fourth-order valence-electron chi connectivity index (χ4n) is 2.86. The van der Waals surface area contributed by atoms with E-state index < -0.39 is 11.9 Å². The topological polar surface area (TPSA) is 71.1 Å². The minimum Gasteiger partial charge on any atom is -0.493 e. The highest BCUT2D eigenvalue weighted by Crippen LogP contribution is 2.44. The maximum atomic E-state index is 12.0. The van der Waals surface area contributed by atoms with E-state index in [0.29, 0.717) is 22.4 Å². The number of hydrogen-bond acceptors (Lipinski definition) is 6. The van der Waals surface area contributed by atoms with Crippen molar-refractivity contribution in [2.45, 2.75) is 26.7 Å². The number of esters is 2. The highest BCUT2D eigenvalue weighted by molar-refractivity contribution is 6.02. The van der Waals surface area contributed by atoms with Gasteiger partial charge in [-0.25, -0.2) is 4.79 Å². The van der Waals surface area contributed by atoms with Crippen LogP contribution in [0, 0.1) is 0 Å². The lowest BCUT2D eigenvalue weighted by Gasteiger charge is -2.20. The quantitative estimate of drug-likeness (QED) is 0.607. The lowest BCUT2D eigenvalue weighted by molar-refractivity contribution is -0.131. The van der Waals surface area contributed by atoms with Gasteiger partial charge in [0.25, 0.3) is 0 Å². The molecule has 0 aliphatic heterocycles. The molecule has 0 bridgehead atoms. The highest BCUT2D eigenvalue weighted by Gasteiger charge is 2.22. The Hall–Kier alpha value is -2.76. The standard InChI is InChI=1S/C19H22O6/c1-10(2)17-14-7-12(19(21)24-6)8-15(25-11(3)20)13(14)9-16(22-4)18(17)23-5/h7-10H,1-6H3. The number of benzene rings is 2. The first-order valence-electron chi connectivity index (χ1n) is 7.83. The third-order valence-corrected chi connectivity index (χ3v) is 3.85. The molecule has 25 heavy (non-hydrogen) atoms. The van der Waals surface area contributed by atoms with Crippen LogP contribution in [0.15, 0.2) is 18.2 Å². The zero-order valence-corrected chi connectivity index (χ0v) is 15.3. The molecule has 0 N–H and O–H groups in total. The molecular weight excluding hydrogens is 324 g/mol. The lowest BCUT2D eigenvalue weighted by atomic mass is 9.92. The van der Waals surface area contributed by atoms with E-state index in [1.165, 1.54) is 20.1 Å². The van der Waals surface area contributed by atoms with Gasteiger partial charge in [0.2, 0.25) is 0 Å². The van der Waals surface area contributed by atoms with Crippen LogP contribution in [0.3, 0.4) is 0 Å². The van der Waals surface area contributed by atoms with Crippen molar-refractivity contribution < 1.29 is 28.5 Å². The van der Waals surface area contributed by atoms with Gasteiger partial charge in [-0.2, -0.15) is 0 Å². The predicted molar refractivity (Wildman–Crippen MR) is 93.8 cm³/mol. The molecule has 0 unspecified atom stereocenters. The van der Waals surface area contributed by atoms with Gasteiger partial charge in [0, 0.05) is 17.9 Å². The second-order valence-electron chi connectivity index (χ2n) is 5.84. The summed E-state index contributed by atoms with van der Waals surface area (Å²) in [6, 6.07) is 4.94. The predicted octanol–water partition coefficient (Wildman–Crippen LogP) is 3.69. The Morgan fingerprint density at radius 3 is 2.08 bits per heavy atom. The van der Waals surface area contributed by atoms with Crippen LogP contribution < -0.4 is 14.2 Å². The van der Waals surface area contributed by atoms with E-state index in [9.17, 15) is 9.59 Å². The Bertz CT molecular complexity index is 823. The molecule has 2 aromatic carbocycles. The number of carbonyl (C=O) groups excluding carboxylic acids is 2. The minimum absolute atomic E-state index is 0.0747. The monoisotopic (exact) mass is 346 g/mol. The average molecular weight is 346 g/mol. The van der Waals surface area contributed by atoms with Crippen LogP contribution in [0.2, 0.25) is 0 Å². The molecule has 0 saturated carbocycles. The van der Waals surface area contributed by atoms with E-state index in [4.69, 9.17) is 18.9 Å². The van der Waals surface area contributed by atoms with Crippen molar-refractivity contribution in [3.05, 3.63) is 29.3 Å². The number of hydrogen-bond donors (Lipinski definition) is 0. The molecule has 0 fully saturated rings. The molecule has 0 radical (unpaired) electrons. The number of rotatable bonds is 5. The summed E-state index contributed by atoms with van der Waals surface area (Å²) in [6.07, 6.45) is 0. The minimum atomic E-state index is -0.514. The Kier molecular flexibility index (Phi) is 5.51. The molecule has 2 aromatic rings. The number of ether oxygens (including phenoxy) is 4. The van der Waals surface area contributed by atoms with Crippen LogP contribution in [-0.4, -0.2) is 33.3 Å². The van der Waals surface area contributed by atoms with Crippen LogP contribution in [0.4, 0.5) is 0 Å². The fraction of sp³-hybridized carbons (Fsp3) is 0.368. The molecule has 0 atom stereocenters. The van der Waals surface area contributed by atoms with Gasteiger partial charge in [0.05, 0.1) is 26.9 Å². The number of fused-ring (bicyclic) bond motifs is 1. The Balaban J connectivity index is 2.96. The molecule has 0 amide bonds. The van der Waals surface area contributed by atoms with Crippen molar-refractivity contribution in [2.24, 2.45) is 0 Å². The van der Waals surface area contributed by atoms with Crippen LogP contribution >= 0.6 is 0 Å². The van der Waals surface area contributed by atoms with Crippen molar-refractivity contribution in [1.82, 2.24) is 0 Å². The van der Waals surface area contributed by atoms with Gasteiger partial charge in [0.15, 0.2) is 11.5 Å². The molecule has 6 heteroatoms. The van der Waals surface area contributed by atoms with Crippen molar-refractivity contribution in [2.75, 3.05) is 21.3 Å². The molecule has 0 heterocycles. The maximum Gasteiger partial charge on any atom is 0.338 e. The largest absolute Gasteiger partial charge is 0.493 e. The van der Waals surface area contributed by atoms with E-state index in [-0.39, 0.29) is 11.7 Å². The first-order valence-corrected chi connectivity index (χ1v) is 7.83. The summed E-state index contributed by atoms with van der Waals surface area (Å²) in [5.41, 5.74) is 1.15. The first kappa shape index (κ1) is 18.6. The van der Waals surface area contributed by atoms with Gasteiger partial charge in [-0.3, -0.25) is 4.79 Å². The molecular formula is C19H22O6. The van der Waals surface area contributed by atoms with E-state index >= 15 is 0 Å². The molecule has 6 nitrogen and oxygen atoms in total. The summed E-state index contributed by atoms with van der Waals surface area (Å²) in [7, 11) is 4.41. The zero-order chi connectivity index (χ0) is 18.7. The summed E-state index contributed by atoms with van der Waals surface area (Å²) >= 11 is 0. The molecule has 0 saturated heterocycles. The molecule has 0 aliphatic rings. The average Bonchev–Trinajstić information content (AvgIpc) is 2.58. The zero-order valence-electron chi connectivity index (χ0n) is 15.3. The van der Waals surface area contributed by atoms with E-state index in [2.05, 4.69) is 0 Å². The third kappa shape index (κ3) is 3.52. The maximum absolute atomic E-state index is 12.0. The van der Waals surface area contributed by atoms with Crippen LogP contribution in [0.5, 0.6) is 17.2 Å². The van der Waals surface area contributed by atoms with Crippen molar-refractivity contribution in [1.29, 1.82) is 0 Å². The third-order valence-electron chi connectivity index (χ3n) is 3.85. The van der Waals surface area contributed by atoms with Gasteiger partial charge < -0.3 is 18.9 Å². The summed E-state index contributed by atoms with van der Waals surface area (Å²) in [4.78, 5) is 23.5. The molecule has 0 aliphatic carbocycles. The molecule has 0 aromatic heterocycles. The lowest BCUT2D eigenvalue weighted by Crippen LogP contribution is -2.07. The smallest absolute Gasteiger partial charge is 0.338 e. The van der Waals surface area contributed by atoms with Crippen LogP contribution in [0.25, 0.3) is 10.8 Å². The van der Waals surface area contributed by atoms with Crippen LogP contribution in [0.1, 0.15) is 42.6 Å². The summed E-state index contributed by atoms with van der Waals surface area (Å²) in [5, 5.41) is 1.40. The van der Waals surface area contributed by atoms with Gasteiger partial charge >= 0.3 is 11.9 Å². The van der Waals surface area contributed by atoms with Gasteiger partial charge in [-0.1, -0.05) is 13.8 Å². The normalized spacial score (nSPS) is 10.7. The van der Waals surface area contributed by atoms with Gasteiger partial charge in [-0.05, 0) is 29.5 Å². The summed E-state index contributed by atoms with van der Waals surface area (Å²) < 4.78 is 21.1. The van der Waals surface area contributed by atoms with Crippen molar-refractivity contribution in [3.63, 3.8) is 0 Å². The van der Waals surface area contributed by atoms with E-state index in [1.807, 2.05) is 13.8 Å². The molecule has 2 rings (SSSR count). The van der Waals surface area contributed by atoms with Crippen LogP contribution in [-0.2, 0) is 9.53 Å². The SMILES string of the molecule is COC(=O)c1cc(OC(C)=O)c2cc(OC)c(OC)c(C(C)C)c2c1. The first-order chi connectivity index (χ1) is 11.8. The molecule has 134 valence electrons. The Morgan fingerprint density at radius 1 is 0.920 bits per heavy atom. The van der Waals surface area contributed by atoms with Gasteiger partial charge in [0.1, 0.15) is 5.75 Å². The van der Waals surface area contributed by atoms with E-state index in [0.717, 1.165) is 10.9 Å². The Morgan fingerprint density at radius 2 is 1.60 bits per heavy atom. The second kappa shape index (κ2) is 7.42. The summed E-state index contributed by atoms with van der Waals surface area (Å²) in [5.74, 6) is 0.460. The fourth-order valence-corrected chi connectivity index (χ4v) is 2.86. The second-order valence-corrected chi connectivity index (χ2v) is 5.84. The number of carbonyl (C=O) groups is 2. The van der Waals surface area contributed by atoms with Crippen molar-refractivity contribution >= 4 is 22.7 Å². The van der Waals surface area contributed by atoms with E-state index in [1.54, 1.807) is 26.4 Å². The Labute approximate surface area is 146 Å². The summed E-state index contributed by atoms with van der Waals surface area (Å²) in [6.45, 7) is 5.32. The number of methoxy groups -OCH3 is 3.